The summed E-state index contributed by atoms with van der Waals surface area (Å²) < 4.78 is 0.590. The summed E-state index contributed by atoms with van der Waals surface area (Å²) in [6.07, 6.45) is 1.56. The second kappa shape index (κ2) is 2.31. The maximum atomic E-state index is 10.6. The number of carbonyl (C=O) groups excluding carboxylic acids is 1. The topological polar surface area (TPSA) is 45.8 Å². The van der Waals surface area contributed by atoms with Crippen molar-refractivity contribution in [2.24, 2.45) is 0 Å². The van der Waals surface area contributed by atoms with Gasteiger partial charge in [-0.25, -0.2) is 4.98 Å². The van der Waals surface area contributed by atoms with Gasteiger partial charge >= 0.3 is 0 Å². The summed E-state index contributed by atoms with van der Waals surface area (Å²) in [5.74, 6) is -0.0306. The van der Waals surface area contributed by atoms with Gasteiger partial charge in [-0.3, -0.25) is 4.79 Å². The van der Waals surface area contributed by atoms with Crippen LogP contribution in [0.25, 0.3) is 0 Å². The number of H-pyrrole nitrogens is 1. The first-order valence-corrected chi connectivity index (χ1v) is 3.21. The summed E-state index contributed by atoms with van der Waals surface area (Å²) in [4.78, 5) is 17.1. The molecule has 0 bridgehead atoms. The summed E-state index contributed by atoms with van der Waals surface area (Å²) in [6, 6.07) is 0. The third kappa shape index (κ3) is 1.38. The minimum absolute atomic E-state index is 0.0306. The first-order chi connectivity index (χ1) is 4.20. The van der Waals surface area contributed by atoms with Crippen molar-refractivity contribution in [2.45, 2.75) is 6.92 Å². The lowest BCUT2D eigenvalue weighted by molar-refractivity contribution is 0.101. The zero-order valence-corrected chi connectivity index (χ0v) is 6.40. The molecule has 0 aliphatic carbocycles. The van der Waals surface area contributed by atoms with Gasteiger partial charge in [-0.1, -0.05) is 0 Å². The van der Waals surface area contributed by atoms with Crippen LogP contribution in [0.3, 0.4) is 0 Å². The number of ketones is 1. The number of nitrogens with zero attached hydrogens (tertiary/aromatic N) is 1. The number of aromatic amines is 1. The van der Waals surface area contributed by atoms with Crippen molar-refractivity contribution in [3.8, 4) is 0 Å². The van der Waals surface area contributed by atoms with Crippen molar-refractivity contribution in [1.29, 1.82) is 0 Å². The van der Waals surface area contributed by atoms with Gasteiger partial charge in [0.25, 0.3) is 0 Å². The van der Waals surface area contributed by atoms with E-state index in [1.54, 1.807) is 6.20 Å². The van der Waals surface area contributed by atoms with Gasteiger partial charge in [0.15, 0.2) is 10.5 Å². The van der Waals surface area contributed by atoms with Crippen molar-refractivity contribution < 1.29 is 4.79 Å². The van der Waals surface area contributed by atoms with Crippen LogP contribution in [-0.4, -0.2) is 15.8 Å². The predicted molar refractivity (Wildman–Crippen MR) is 36.3 cm³/mol. The number of hydrogen-bond acceptors (Lipinski definition) is 2. The molecule has 1 aromatic heterocycles. The van der Waals surface area contributed by atoms with E-state index in [9.17, 15) is 4.79 Å². The van der Waals surface area contributed by atoms with Crippen LogP contribution < -0.4 is 0 Å². The van der Waals surface area contributed by atoms with Crippen LogP contribution in [0.1, 0.15) is 17.4 Å². The summed E-state index contributed by atoms with van der Waals surface area (Å²) in [7, 11) is 0. The number of rotatable bonds is 1. The zero-order valence-electron chi connectivity index (χ0n) is 4.81. The average Bonchev–Trinajstić information content (AvgIpc) is 2.14. The van der Waals surface area contributed by atoms with E-state index in [1.165, 1.54) is 6.92 Å². The molecule has 0 spiro atoms. The Bertz CT molecular complexity index is 231. The summed E-state index contributed by atoms with van der Waals surface area (Å²) >= 11 is 3.08. The van der Waals surface area contributed by atoms with E-state index in [-0.39, 0.29) is 5.78 Å². The van der Waals surface area contributed by atoms with Gasteiger partial charge in [-0.05, 0) is 15.9 Å². The normalized spacial score (nSPS) is 9.56. The summed E-state index contributed by atoms with van der Waals surface area (Å²) in [5, 5.41) is 0. The van der Waals surface area contributed by atoms with Gasteiger partial charge in [0, 0.05) is 13.1 Å². The second-order valence-electron chi connectivity index (χ2n) is 1.63. The minimum atomic E-state index is -0.0306. The highest BCUT2D eigenvalue weighted by atomic mass is 79.9. The number of carbonyl (C=O) groups is 1. The smallest absolute Gasteiger partial charge is 0.179 e. The van der Waals surface area contributed by atoms with Crippen LogP contribution in [0, 0.1) is 0 Å². The molecule has 0 saturated carbocycles. The first kappa shape index (κ1) is 6.48. The van der Waals surface area contributed by atoms with Crippen molar-refractivity contribution in [3.05, 3.63) is 16.6 Å². The Kier molecular flexibility index (Phi) is 1.66. The molecule has 0 saturated heterocycles. The van der Waals surface area contributed by atoms with Gasteiger partial charge in [0.05, 0.1) is 0 Å². The van der Waals surface area contributed by atoms with Crippen molar-refractivity contribution in [2.75, 3.05) is 0 Å². The van der Waals surface area contributed by atoms with E-state index < -0.39 is 0 Å². The molecule has 0 radical (unpaired) electrons. The standard InChI is InChI=1S/C5H5BrN2O/c1-3(9)4-2-7-5(6)8-4/h2H,1H3,(H,7,8). The lowest BCUT2D eigenvalue weighted by Gasteiger charge is -1.79. The van der Waals surface area contributed by atoms with Crippen molar-refractivity contribution in [3.63, 3.8) is 0 Å². The molecule has 0 atom stereocenters. The van der Waals surface area contributed by atoms with E-state index >= 15 is 0 Å². The van der Waals surface area contributed by atoms with Crippen molar-refractivity contribution in [1.82, 2.24) is 9.97 Å². The Labute approximate surface area is 60.6 Å². The molecule has 0 unspecified atom stereocenters. The molecular weight excluding hydrogens is 184 g/mol. The van der Waals surface area contributed by atoms with Gasteiger partial charge < -0.3 is 4.98 Å². The lowest BCUT2D eigenvalue weighted by atomic mass is 10.3. The highest BCUT2D eigenvalue weighted by Crippen LogP contribution is 2.03. The van der Waals surface area contributed by atoms with Crippen LogP contribution in [0.2, 0.25) is 0 Å². The van der Waals surface area contributed by atoms with Crippen LogP contribution >= 0.6 is 15.9 Å². The molecule has 0 fully saturated rings. The molecule has 0 amide bonds. The molecule has 0 aliphatic heterocycles. The number of Topliss-reactive ketones (excluding diaryl/α,β-unsaturated/α-hetero) is 1. The van der Waals surface area contributed by atoms with Gasteiger partial charge in [0.2, 0.25) is 0 Å². The fourth-order valence-electron chi connectivity index (χ4n) is 0.479. The molecule has 4 heteroatoms. The summed E-state index contributed by atoms with van der Waals surface area (Å²) in [5.41, 5.74) is 0.460. The van der Waals surface area contributed by atoms with Crippen LogP contribution in [0.5, 0.6) is 0 Å². The monoisotopic (exact) mass is 188 g/mol. The van der Waals surface area contributed by atoms with Crippen LogP contribution in [0.4, 0.5) is 0 Å². The van der Waals surface area contributed by atoms with E-state index in [0.29, 0.717) is 10.4 Å². The van der Waals surface area contributed by atoms with Crippen LogP contribution in [0.15, 0.2) is 10.9 Å². The summed E-state index contributed by atoms with van der Waals surface area (Å²) in [6.45, 7) is 1.47. The molecule has 0 aliphatic rings. The van der Waals surface area contributed by atoms with E-state index in [1.807, 2.05) is 0 Å². The molecular formula is C5H5BrN2O. The third-order valence-corrected chi connectivity index (χ3v) is 1.31. The number of aromatic nitrogens is 2. The number of nitrogens with one attached hydrogen (secondary N) is 1. The highest BCUT2D eigenvalue weighted by molar-refractivity contribution is 9.10. The minimum Gasteiger partial charge on any atom is -0.338 e. The fraction of sp³-hybridized carbons (Fsp3) is 0.200. The molecule has 9 heavy (non-hydrogen) atoms. The van der Waals surface area contributed by atoms with Gasteiger partial charge in [-0.15, -0.1) is 0 Å². The van der Waals surface area contributed by atoms with E-state index in [0.717, 1.165) is 0 Å². The number of imidazole rings is 1. The maximum absolute atomic E-state index is 10.6. The Balaban J connectivity index is 2.98. The zero-order chi connectivity index (χ0) is 6.85. The van der Waals surface area contributed by atoms with E-state index in [2.05, 4.69) is 25.9 Å². The SMILES string of the molecule is CC(=O)c1c[nH]c(Br)n1. The number of halogens is 1. The lowest BCUT2D eigenvalue weighted by Crippen LogP contribution is -1.89. The Hall–Kier alpha value is -0.640. The van der Waals surface area contributed by atoms with Gasteiger partial charge in [-0.2, -0.15) is 0 Å². The molecule has 3 nitrogen and oxygen atoms in total. The fourth-order valence-corrected chi connectivity index (χ4v) is 0.784. The Morgan fingerprint density at radius 2 is 2.56 bits per heavy atom. The quantitative estimate of drug-likeness (QED) is 0.678. The number of hydrogen-bond donors (Lipinski definition) is 1. The first-order valence-electron chi connectivity index (χ1n) is 2.42. The van der Waals surface area contributed by atoms with E-state index in [4.69, 9.17) is 0 Å². The third-order valence-electron chi connectivity index (χ3n) is 0.907. The Morgan fingerprint density at radius 3 is 2.78 bits per heavy atom. The van der Waals surface area contributed by atoms with Gasteiger partial charge in [0.1, 0.15) is 5.69 Å². The Morgan fingerprint density at radius 1 is 1.89 bits per heavy atom. The molecule has 1 heterocycles. The average molecular weight is 189 g/mol. The highest BCUT2D eigenvalue weighted by Gasteiger charge is 2.01. The molecule has 1 N–H and O–H groups in total. The van der Waals surface area contributed by atoms with Crippen molar-refractivity contribution >= 4 is 21.7 Å². The second-order valence-corrected chi connectivity index (χ2v) is 2.38. The molecule has 1 rings (SSSR count). The molecule has 0 aromatic carbocycles. The maximum Gasteiger partial charge on any atom is 0.179 e. The largest absolute Gasteiger partial charge is 0.338 e. The predicted octanol–water partition coefficient (Wildman–Crippen LogP) is 1.37. The van der Waals surface area contributed by atoms with Crippen LogP contribution in [-0.2, 0) is 0 Å². The molecule has 48 valence electrons. The molecule has 1 aromatic rings.